The number of hydrogen-bond donors (Lipinski definition) is 1. The van der Waals surface area contributed by atoms with E-state index >= 15 is 0 Å². The number of rotatable bonds is 7. The highest BCUT2D eigenvalue weighted by Gasteiger charge is 2.40. The van der Waals surface area contributed by atoms with Crippen molar-refractivity contribution in [1.82, 2.24) is 10.2 Å². The van der Waals surface area contributed by atoms with Crippen LogP contribution in [0.25, 0.3) is 0 Å². The van der Waals surface area contributed by atoms with Gasteiger partial charge in [-0.1, -0.05) is 52.4 Å². The van der Waals surface area contributed by atoms with Gasteiger partial charge in [0.05, 0.1) is 0 Å². The maximum absolute atomic E-state index is 3.68. The van der Waals surface area contributed by atoms with E-state index in [1.54, 1.807) is 0 Å². The summed E-state index contributed by atoms with van der Waals surface area (Å²) in [5, 5.41) is 3.68. The van der Waals surface area contributed by atoms with E-state index < -0.39 is 0 Å². The summed E-state index contributed by atoms with van der Waals surface area (Å²) in [4.78, 5) is 2.53. The Morgan fingerprint density at radius 3 is 1.89 bits per heavy atom. The smallest absolute Gasteiger partial charge is 0.0356 e. The molecule has 0 aliphatic heterocycles. The summed E-state index contributed by atoms with van der Waals surface area (Å²) in [5.41, 5.74) is 0.383. The van der Waals surface area contributed by atoms with Gasteiger partial charge in [0.25, 0.3) is 0 Å². The molecule has 1 rings (SSSR count). The van der Waals surface area contributed by atoms with Crippen molar-refractivity contribution in [2.45, 2.75) is 83.2 Å². The molecule has 1 saturated carbocycles. The molecule has 1 N–H and O–H groups in total. The van der Waals surface area contributed by atoms with E-state index in [2.05, 4.69) is 45.2 Å². The van der Waals surface area contributed by atoms with Gasteiger partial charge in [-0.3, -0.25) is 0 Å². The largest absolute Gasteiger partial charge is 0.315 e. The van der Waals surface area contributed by atoms with Gasteiger partial charge in [-0.2, -0.15) is 0 Å². The summed E-state index contributed by atoms with van der Waals surface area (Å²) in [6.07, 6.45) is 12.4. The van der Waals surface area contributed by atoms with Gasteiger partial charge in [-0.15, -0.1) is 0 Å². The van der Waals surface area contributed by atoms with Crippen LogP contribution in [0.3, 0.4) is 0 Å². The van der Waals surface area contributed by atoms with E-state index in [1.165, 1.54) is 57.8 Å². The average Bonchev–Trinajstić information content (AvgIpc) is 2.67. The fourth-order valence-corrected chi connectivity index (χ4v) is 4.01. The fraction of sp³-hybridized carbons (Fsp3) is 1.00. The minimum absolute atomic E-state index is 0.383. The van der Waals surface area contributed by atoms with Crippen LogP contribution in [0.2, 0.25) is 0 Å². The molecule has 0 amide bonds. The second kappa shape index (κ2) is 8.26. The van der Waals surface area contributed by atoms with Crippen LogP contribution in [0.15, 0.2) is 0 Å². The summed E-state index contributed by atoms with van der Waals surface area (Å²) in [6.45, 7) is 4.69. The van der Waals surface area contributed by atoms with Gasteiger partial charge in [0.2, 0.25) is 0 Å². The van der Waals surface area contributed by atoms with Gasteiger partial charge in [0, 0.05) is 11.6 Å². The zero-order valence-corrected chi connectivity index (χ0v) is 14.0. The quantitative estimate of drug-likeness (QED) is 0.701. The second-order valence-corrected chi connectivity index (χ2v) is 6.67. The molecule has 1 unspecified atom stereocenters. The van der Waals surface area contributed by atoms with E-state index in [4.69, 9.17) is 0 Å². The molecule has 0 aromatic heterocycles. The van der Waals surface area contributed by atoms with Crippen molar-refractivity contribution in [3.05, 3.63) is 0 Å². The minimum Gasteiger partial charge on any atom is -0.315 e. The van der Waals surface area contributed by atoms with Crippen LogP contribution < -0.4 is 5.32 Å². The fourth-order valence-electron chi connectivity index (χ4n) is 4.01. The van der Waals surface area contributed by atoms with E-state index in [0.29, 0.717) is 11.6 Å². The van der Waals surface area contributed by atoms with Gasteiger partial charge >= 0.3 is 0 Å². The topological polar surface area (TPSA) is 15.3 Å². The molecule has 1 aliphatic rings. The molecule has 0 aromatic carbocycles. The standard InChI is InChI=1S/C17H36N2/c1-6-15(7-2)14-16(18-3)17(19(4)5)12-10-8-9-11-13-17/h15-16,18H,6-14H2,1-5H3. The third-order valence-corrected chi connectivity index (χ3v) is 5.58. The summed E-state index contributed by atoms with van der Waals surface area (Å²) >= 11 is 0. The van der Waals surface area contributed by atoms with Crippen LogP contribution in [0.5, 0.6) is 0 Å². The van der Waals surface area contributed by atoms with E-state index in [9.17, 15) is 0 Å². The van der Waals surface area contributed by atoms with Crippen LogP contribution >= 0.6 is 0 Å². The third kappa shape index (κ3) is 4.19. The maximum Gasteiger partial charge on any atom is 0.0356 e. The van der Waals surface area contributed by atoms with Crippen molar-refractivity contribution in [3.63, 3.8) is 0 Å². The van der Waals surface area contributed by atoms with Crippen LogP contribution in [0, 0.1) is 5.92 Å². The summed E-state index contributed by atoms with van der Waals surface area (Å²) in [6, 6.07) is 0.644. The molecule has 0 heterocycles. The van der Waals surface area contributed by atoms with Crippen molar-refractivity contribution < 1.29 is 0 Å². The molecule has 0 bridgehead atoms. The molecular weight excluding hydrogens is 232 g/mol. The highest BCUT2D eigenvalue weighted by Crippen LogP contribution is 2.36. The zero-order chi connectivity index (χ0) is 14.3. The lowest BCUT2D eigenvalue weighted by atomic mass is 9.76. The molecule has 19 heavy (non-hydrogen) atoms. The van der Waals surface area contributed by atoms with Crippen LogP contribution in [0.1, 0.15) is 71.6 Å². The van der Waals surface area contributed by atoms with Crippen molar-refractivity contribution in [2.24, 2.45) is 5.92 Å². The molecule has 2 nitrogen and oxygen atoms in total. The maximum atomic E-state index is 3.68. The van der Waals surface area contributed by atoms with Crippen LogP contribution in [-0.2, 0) is 0 Å². The van der Waals surface area contributed by atoms with Gasteiger partial charge in [-0.25, -0.2) is 0 Å². The lowest BCUT2D eigenvalue weighted by Gasteiger charge is -2.47. The summed E-state index contributed by atoms with van der Waals surface area (Å²) in [7, 11) is 6.76. The Labute approximate surface area is 121 Å². The van der Waals surface area contributed by atoms with Crippen molar-refractivity contribution in [3.8, 4) is 0 Å². The molecule has 0 saturated heterocycles. The molecule has 114 valence electrons. The van der Waals surface area contributed by atoms with Crippen molar-refractivity contribution in [1.29, 1.82) is 0 Å². The molecule has 1 aliphatic carbocycles. The molecule has 0 spiro atoms. The summed E-state index contributed by atoms with van der Waals surface area (Å²) < 4.78 is 0. The first-order chi connectivity index (χ1) is 9.10. The zero-order valence-electron chi connectivity index (χ0n) is 14.0. The van der Waals surface area contributed by atoms with Gasteiger partial charge in [0.1, 0.15) is 0 Å². The molecule has 1 atom stereocenters. The average molecular weight is 268 g/mol. The van der Waals surface area contributed by atoms with Crippen molar-refractivity contribution >= 4 is 0 Å². The molecule has 2 heteroatoms. The van der Waals surface area contributed by atoms with E-state index in [1.807, 2.05) is 0 Å². The third-order valence-electron chi connectivity index (χ3n) is 5.58. The van der Waals surface area contributed by atoms with Gasteiger partial charge in [0.15, 0.2) is 0 Å². The highest BCUT2D eigenvalue weighted by atomic mass is 15.2. The SMILES string of the molecule is CCC(CC)CC(NC)C1(N(C)C)CCCCCC1. The van der Waals surface area contributed by atoms with E-state index in [0.717, 1.165) is 5.92 Å². The Balaban J connectivity index is 2.86. The summed E-state index contributed by atoms with van der Waals surface area (Å²) in [5.74, 6) is 0.873. The van der Waals surface area contributed by atoms with E-state index in [-0.39, 0.29) is 0 Å². The second-order valence-electron chi connectivity index (χ2n) is 6.67. The number of nitrogens with one attached hydrogen (secondary N) is 1. The first kappa shape index (κ1) is 17.0. The van der Waals surface area contributed by atoms with Gasteiger partial charge < -0.3 is 10.2 Å². The predicted octanol–water partition coefficient (Wildman–Crippen LogP) is 4.06. The monoisotopic (exact) mass is 268 g/mol. The normalized spacial score (nSPS) is 21.6. The first-order valence-electron chi connectivity index (χ1n) is 8.45. The molecule has 0 aromatic rings. The molecule has 1 fully saturated rings. The van der Waals surface area contributed by atoms with Crippen LogP contribution in [-0.4, -0.2) is 37.6 Å². The Bertz CT molecular complexity index is 225. The number of likely N-dealkylation sites (N-methyl/N-ethyl adjacent to an activating group) is 2. The molecule has 0 radical (unpaired) electrons. The van der Waals surface area contributed by atoms with Crippen LogP contribution in [0.4, 0.5) is 0 Å². The lowest BCUT2D eigenvalue weighted by Crippen LogP contribution is -2.58. The predicted molar refractivity (Wildman–Crippen MR) is 85.7 cm³/mol. The first-order valence-corrected chi connectivity index (χ1v) is 8.45. The van der Waals surface area contributed by atoms with Crippen molar-refractivity contribution in [2.75, 3.05) is 21.1 Å². The lowest BCUT2D eigenvalue weighted by molar-refractivity contribution is 0.0710. The number of hydrogen-bond acceptors (Lipinski definition) is 2. The Kier molecular flexibility index (Phi) is 7.38. The Hall–Kier alpha value is -0.0800. The number of nitrogens with zero attached hydrogens (tertiary/aromatic N) is 1. The van der Waals surface area contributed by atoms with Gasteiger partial charge in [-0.05, 0) is 46.3 Å². The minimum atomic E-state index is 0.383. The Morgan fingerprint density at radius 2 is 1.53 bits per heavy atom. The molecular formula is C17H36N2. The Morgan fingerprint density at radius 1 is 1.00 bits per heavy atom. The highest BCUT2D eigenvalue weighted by molar-refractivity contribution is 4.99.